The summed E-state index contributed by atoms with van der Waals surface area (Å²) < 4.78 is 4.89. The largest absolute Gasteiger partial charge is 0.466 e. The Kier molecular flexibility index (Phi) is 15.7. The Morgan fingerprint density at radius 2 is 1.43 bits per heavy atom. The monoisotopic (exact) mass is 292 g/mol. The molecule has 0 unspecified atom stereocenters. The molecule has 120 valence electrons. The summed E-state index contributed by atoms with van der Waals surface area (Å²) in [6.07, 6.45) is 22.7. The Morgan fingerprint density at radius 1 is 0.810 bits per heavy atom. The predicted molar refractivity (Wildman–Crippen MR) is 91.3 cm³/mol. The molecule has 0 aliphatic heterocycles. The quantitative estimate of drug-likeness (QED) is 0.245. The molecule has 0 N–H and O–H groups in total. The number of unbranched alkanes of at least 4 members (excludes halogenated alkanes) is 4. The summed E-state index contributed by atoms with van der Waals surface area (Å²) in [6, 6.07) is 0. The fourth-order valence-electron chi connectivity index (χ4n) is 1.94. The number of esters is 1. The zero-order chi connectivity index (χ0) is 15.6. The molecule has 0 fully saturated rings. The molecule has 2 heteroatoms. The van der Waals surface area contributed by atoms with Crippen LogP contribution in [0.3, 0.4) is 0 Å². The molecule has 0 aromatic heterocycles. The van der Waals surface area contributed by atoms with E-state index in [-0.39, 0.29) is 5.97 Å². The van der Waals surface area contributed by atoms with Crippen LogP contribution in [-0.2, 0) is 9.53 Å². The van der Waals surface area contributed by atoms with E-state index in [1.54, 1.807) is 0 Å². The standard InChI is InChI=1S/C19H32O2/c1-3-5-6-7-8-9-10-11-12-13-14-15-16-17-18-19(20)21-4-2/h5-6,8-9,11-12H,3-4,7,10,13-18H2,1-2H3. The van der Waals surface area contributed by atoms with Crippen molar-refractivity contribution in [3.05, 3.63) is 36.5 Å². The maximum atomic E-state index is 11.1. The van der Waals surface area contributed by atoms with Crippen LogP contribution in [0.4, 0.5) is 0 Å². The summed E-state index contributed by atoms with van der Waals surface area (Å²) in [5.74, 6) is -0.0574. The van der Waals surface area contributed by atoms with Crippen LogP contribution in [0.1, 0.15) is 71.6 Å². The van der Waals surface area contributed by atoms with Gasteiger partial charge in [-0.15, -0.1) is 0 Å². The van der Waals surface area contributed by atoms with Crippen LogP contribution in [0.5, 0.6) is 0 Å². The van der Waals surface area contributed by atoms with Gasteiger partial charge in [0.25, 0.3) is 0 Å². The molecule has 0 saturated carbocycles. The normalized spacial score (nSPS) is 11.9. The second-order valence-electron chi connectivity index (χ2n) is 5.05. The van der Waals surface area contributed by atoms with E-state index < -0.39 is 0 Å². The molecule has 0 heterocycles. The molecular weight excluding hydrogens is 260 g/mol. The summed E-state index contributed by atoms with van der Waals surface area (Å²) >= 11 is 0. The highest BCUT2D eigenvalue weighted by Crippen LogP contribution is 2.07. The molecule has 21 heavy (non-hydrogen) atoms. The van der Waals surface area contributed by atoms with Crippen LogP contribution in [-0.4, -0.2) is 12.6 Å². The van der Waals surface area contributed by atoms with Gasteiger partial charge in [-0.05, 0) is 45.4 Å². The predicted octanol–water partition coefficient (Wildman–Crippen LogP) is 5.75. The van der Waals surface area contributed by atoms with Crippen molar-refractivity contribution in [1.29, 1.82) is 0 Å². The molecular formula is C19H32O2. The van der Waals surface area contributed by atoms with Gasteiger partial charge in [-0.25, -0.2) is 0 Å². The topological polar surface area (TPSA) is 26.3 Å². The minimum Gasteiger partial charge on any atom is -0.466 e. The Hall–Kier alpha value is -1.31. The summed E-state index contributed by atoms with van der Waals surface area (Å²) in [6.45, 7) is 4.49. The molecule has 0 amide bonds. The minimum absolute atomic E-state index is 0.0574. The van der Waals surface area contributed by atoms with Gasteiger partial charge in [-0.2, -0.15) is 0 Å². The summed E-state index contributed by atoms with van der Waals surface area (Å²) in [5.41, 5.74) is 0. The lowest BCUT2D eigenvalue weighted by molar-refractivity contribution is -0.143. The van der Waals surface area contributed by atoms with E-state index in [1.807, 2.05) is 6.92 Å². The van der Waals surface area contributed by atoms with Crippen molar-refractivity contribution in [3.63, 3.8) is 0 Å². The molecule has 0 spiro atoms. The number of allylic oxidation sites excluding steroid dienone is 6. The van der Waals surface area contributed by atoms with Gasteiger partial charge in [0.2, 0.25) is 0 Å². The molecule has 2 nitrogen and oxygen atoms in total. The van der Waals surface area contributed by atoms with Gasteiger partial charge >= 0.3 is 5.97 Å². The Labute approximate surface area is 131 Å². The van der Waals surface area contributed by atoms with Crippen LogP contribution < -0.4 is 0 Å². The van der Waals surface area contributed by atoms with Crippen molar-refractivity contribution in [3.8, 4) is 0 Å². The molecule has 0 atom stereocenters. The molecule has 0 aliphatic rings. The molecule has 0 aromatic rings. The van der Waals surface area contributed by atoms with Crippen LogP contribution in [0.15, 0.2) is 36.5 Å². The van der Waals surface area contributed by atoms with Crippen LogP contribution in [0.2, 0.25) is 0 Å². The summed E-state index contributed by atoms with van der Waals surface area (Å²) in [7, 11) is 0. The highest BCUT2D eigenvalue weighted by Gasteiger charge is 1.99. The van der Waals surface area contributed by atoms with Crippen molar-refractivity contribution in [2.24, 2.45) is 0 Å². The first kappa shape index (κ1) is 19.7. The number of carbonyl (C=O) groups excluding carboxylic acids is 1. The van der Waals surface area contributed by atoms with E-state index in [0.717, 1.165) is 38.5 Å². The third kappa shape index (κ3) is 16.6. The Bertz CT molecular complexity index is 314. The Morgan fingerprint density at radius 3 is 2.10 bits per heavy atom. The molecule has 0 aromatic carbocycles. The van der Waals surface area contributed by atoms with Crippen molar-refractivity contribution in [2.45, 2.75) is 71.6 Å². The zero-order valence-electron chi connectivity index (χ0n) is 13.9. The van der Waals surface area contributed by atoms with Crippen LogP contribution >= 0.6 is 0 Å². The van der Waals surface area contributed by atoms with Crippen molar-refractivity contribution < 1.29 is 9.53 Å². The van der Waals surface area contributed by atoms with Crippen LogP contribution in [0.25, 0.3) is 0 Å². The minimum atomic E-state index is -0.0574. The summed E-state index contributed by atoms with van der Waals surface area (Å²) in [5, 5.41) is 0. The first-order chi connectivity index (χ1) is 10.3. The van der Waals surface area contributed by atoms with Crippen molar-refractivity contribution in [2.75, 3.05) is 6.61 Å². The number of ether oxygens (including phenoxy) is 1. The number of carbonyl (C=O) groups is 1. The van der Waals surface area contributed by atoms with Gasteiger partial charge in [-0.3, -0.25) is 4.79 Å². The molecule has 0 aliphatic carbocycles. The van der Waals surface area contributed by atoms with E-state index in [4.69, 9.17) is 4.74 Å². The molecule has 0 bridgehead atoms. The lowest BCUT2D eigenvalue weighted by Gasteiger charge is -2.01. The maximum Gasteiger partial charge on any atom is 0.305 e. The molecule has 0 saturated heterocycles. The second-order valence-corrected chi connectivity index (χ2v) is 5.05. The van der Waals surface area contributed by atoms with Crippen molar-refractivity contribution in [1.82, 2.24) is 0 Å². The fourth-order valence-corrected chi connectivity index (χ4v) is 1.94. The maximum absolute atomic E-state index is 11.1. The fraction of sp³-hybridized carbons (Fsp3) is 0.632. The lowest BCUT2D eigenvalue weighted by atomic mass is 10.1. The van der Waals surface area contributed by atoms with Gasteiger partial charge in [0.1, 0.15) is 0 Å². The lowest BCUT2D eigenvalue weighted by Crippen LogP contribution is -2.02. The second kappa shape index (κ2) is 16.7. The van der Waals surface area contributed by atoms with Gasteiger partial charge in [0.15, 0.2) is 0 Å². The first-order valence-electron chi connectivity index (χ1n) is 8.41. The van der Waals surface area contributed by atoms with E-state index in [2.05, 4.69) is 43.4 Å². The number of rotatable bonds is 13. The van der Waals surface area contributed by atoms with E-state index in [9.17, 15) is 4.79 Å². The van der Waals surface area contributed by atoms with Gasteiger partial charge in [-0.1, -0.05) is 56.2 Å². The molecule has 0 radical (unpaired) electrons. The average molecular weight is 292 g/mol. The van der Waals surface area contributed by atoms with E-state index >= 15 is 0 Å². The van der Waals surface area contributed by atoms with Gasteiger partial charge < -0.3 is 4.74 Å². The average Bonchev–Trinajstić information content (AvgIpc) is 2.48. The Balaban J connectivity index is 3.29. The third-order valence-electron chi connectivity index (χ3n) is 3.09. The van der Waals surface area contributed by atoms with Gasteiger partial charge in [0, 0.05) is 6.42 Å². The van der Waals surface area contributed by atoms with Gasteiger partial charge in [0.05, 0.1) is 6.61 Å². The van der Waals surface area contributed by atoms with Crippen LogP contribution in [0, 0.1) is 0 Å². The highest BCUT2D eigenvalue weighted by atomic mass is 16.5. The smallest absolute Gasteiger partial charge is 0.305 e. The molecule has 0 rings (SSSR count). The van der Waals surface area contributed by atoms with Crippen molar-refractivity contribution >= 4 is 5.97 Å². The first-order valence-corrected chi connectivity index (χ1v) is 8.41. The zero-order valence-corrected chi connectivity index (χ0v) is 13.9. The SMILES string of the molecule is CCC=CCC=CCC=CCCCCCCC(=O)OCC. The number of hydrogen-bond donors (Lipinski definition) is 0. The van der Waals surface area contributed by atoms with E-state index in [1.165, 1.54) is 12.8 Å². The summed E-state index contributed by atoms with van der Waals surface area (Å²) in [4.78, 5) is 11.1. The highest BCUT2D eigenvalue weighted by molar-refractivity contribution is 5.69. The number of hydrogen-bond acceptors (Lipinski definition) is 2. The van der Waals surface area contributed by atoms with E-state index in [0.29, 0.717) is 13.0 Å². The third-order valence-corrected chi connectivity index (χ3v) is 3.09.